The fourth-order valence-corrected chi connectivity index (χ4v) is 1.48. The van der Waals surface area contributed by atoms with Crippen LogP contribution < -0.4 is 20.5 Å². The van der Waals surface area contributed by atoms with Crippen molar-refractivity contribution in [3.05, 3.63) is 12.1 Å². The molecule has 1 aromatic rings. The lowest BCUT2D eigenvalue weighted by atomic mass is 10.2. The summed E-state index contributed by atoms with van der Waals surface area (Å²) in [6.45, 7) is 7.91. The van der Waals surface area contributed by atoms with Gasteiger partial charge in [0.05, 0.1) is 23.6 Å². The van der Waals surface area contributed by atoms with Gasteiger partial charge in [0.25, 0.3) is 0 Å². The molecule has 17 heavy (non-hydrogen) atoms. The molecule has 0 aliphatic heterocycles. The lowest BCUT2D eigenvalue weighted by Crippen LogP contribution is -2.11. The maximum Gasteiger partial charge on any atom is 0.163 e. The van der Waals surface area contributed by atoms with Gasteiger partial charge in [0.1, 0.15) is 0 Å². The van der Waals surface area contributed by atoms with Crippen LogP contribution in [-0.2, 0) is 0 Å². The molecular weight excluding hydrogens is 216 g/mol. The van der Waals surface area contributed by atoms with Gasteiger partial charge >= 0.3 is 0 Å². The standard InChI is InChI=1S/C13H22N2O2/c1-8(2)16-12-6-10(14)11(15-5)7-13(12)17-9(3)4/h6-9,15H,14H2,1-5H3. The molecule has 4 nitrogen and oxygen atoms in total. The predicted molar refractivity (Wildman–Crippen MR) is 71.9 cm³/mol. The van der Waals surface area contributed by atoms with Crippen molar-refractivity contribution in [2.75, 3.05) is 18.1 Å². The number of nitrogens with two attached hydrogens (primary N) is 1. The van der Waals surface area contributed by atoms with Crippen LogP contribution in [0, 0.1) is 0 Å². The Kier molecular flexibility index (Phi) is 4.49. The zero-order chi connectivity index (χ0) is 13.0. The van der Waals surface area contributed by atoms with Crippen LogP contribution in [0.4, 0.5) is 11.4 Å². The Hall–Kier alpha value is -1.58. The van der Waals surface area contributed by atoms with Gasteiger partial charge in [-0.1, -0.05) is 0 Å². The van der Waals surface area contributed by atoms with Crippen LogP contribution in [0.3, 0.4) is 0 Å². The number of nitrogens with one attached hydrogen (secondary N) is 1. The Balaban J connectivity index is 3.11. The van der Waals surface area contributed by atoms with Gasteiger partial charge in [0, 0.05) is 19.2 Å². The lowest BCUT2D eigenvalue weighted by molar-refractivity contribution is 0.199. The second kappa shape index (κ2) is 5.66. The minimum atomic E-state index is 0.0874. The second-order valence-electron chi connectivity index (χ2n) is 4.47. The summed E-state index contributed by atoms with van der Waals surface area (Å²) < 4.78 is 11.4. The molecule has 0 spiro atoms. The van der Waals surface area contributed by atoms with E-state index < -0.39 is 0 Å². The van der Waals surface area contributed by atoms with Gasteiger partial charge < -0.3 is 20.5 Å². The molecule has 0 fully saturated rings. The van der Waals surface area contributed by atoms with E-state index in [-0.39, 0.29) is 12.2 Å². The first-order valence-corrected chi connectivity index (χ1v) is 5.88. The summed E-state index contributed by atoms with van der Waals surface area (Å²) in [6, 6.07) is 3.66. The second-order valence-corrected chi connectivity index (χ2v) is 4.47. The summed E-state index contributed by atoms with van der Waals surface area (Å²) >= 11 is 0. The molecular formula is C13H22N2O2. The number of hydrogen-bond donors (Lipinski definition) is 2. The number of nitrogen functional groups attached to an aromatic ring is 1. The Morgan fingerprint density at radius 1 is 1.00 bits per heavy atom. The maximum atomic E-state index is 5.91. The number of anilines is 2. The van der Waals surface area contributed by atoms with Crippen molar-refractivity contribution < 1.29 is 9.47 Å². The van der Waals surface area contributed by atoms with Crippen molar-refractivity contribution in [1.82, 2.24) is 0 Å². The summed E-state index contributed by atoms with van der Waals surface area (Å²) in [7, 11) is 1.83. The molecule has 0 aliphatic rings. The highest BCUT2D eigenvalue weighted by Crippen LogP contribution is 2.36. The minimum Gasteiger partial charge on any atom is -0.487 e. The van der Waals surface area contributed by atoms with Crippen molar-refractivity contribution in [1.29, 1.82) is 0 Å². The van der Waals surface area contributed by atoms with Crippen LogP contribution in [0.1, 0.15) is 27.7 Å². The smallest absolute Gasteiger partial charge is 0.163 e. The van der Waals surface area contributed by atoms with E-state index >= 15 is 0 Å². The summed E-state index contributed by atoms with van der Waals surface area (Å²) in [5, 5.41) is 3.03. The van der Waals surface area contributed by atoms with E-state index in [0.29, 0.717) is 17.2 Å². The van der Waals surface area contributed by atoms with Gasteiger partial charge in [-0.3, -0.25) is 0 Å². The van der Waals surface area contributed by atoms with E-state index in [2.05, 4.69) is 5.32 Å². The van der Waals surface area contributed by atoms with E-state index in [9.17, 15) is 0 Å². The Labute approximate surface area is 103 Å². The number of ether oxygens (including phenoxy) is 2. The van der Waals surface area contributed by atoms with Gasteiger partial charge in [-0.2, -0.15) is 0 Å². The molecule has 0 atom stereocenters. The first-order valence-electron chi connectivity index (χ1n) is 5.88. The monoisotopic (exact) mass is 238 g/mol. The van der Waals surface area contributed by atoms with E-state index in [4.69, 9.17) is 15.2 Å². The highest BCUT2D eigenvalue weighted by molar-refractivity contribution is 5.71. The molecule has 3 N–H and O–H groups in total. The summed E-state index contributed by atoms with van der Waals surface area (Å²) in [5.41, 5.74) is 7.41. The first kappa shape index (κ1) is 13.5. The molecule has 0 bridgehead atoms. The average Bonchev–Trinajstić information content (AvgIpc) is 2.20. The molecule has 96 valence electrons. The molecule has 0 saturated heterocycles. The van der Waals surface area contributed by atoms with Crippen LogP contribution in [0.25, 0.3) is 0 Å². The van der Waals surface area contributed by atoms with Crippen LogP contribution >= 0.6 is 0 Å². The van der Waals surface area contributed by atoms with Crippen LogP contribution in [0.15, 0.2) is 12.1 Å². The molecule has 4 heteroatoms. The fraction of sp³-hybridized carbons (Fsp3) is 0.538. The third-order valence-electron chi connectivity index (χ3n) is 2.11. The van der Waals surface area contributed by atoms with Gasteiger partial charge in [-0.05, 0) is 27.7 Å². The molecule has 1 rings (SSSR count). The third kappa shape index (κ3) is 3.73. The third-order valence-corrected chi connectivity index (χ3v) is 2.11. The van der Waals surface area contributed by atoms with Crippen LogP contribution in [0.2, 0.25) is 0 Å². The van der Waals surface area contributed by atoms with Gasteiger partial charge in [-0.25, -0.2) is 0 Å². The quantitative estimate of drug-likeness (QED) is 0.774. The largest absolute Gasteiger partial charge is 0.487 e. The zero-order valence-corrected chi connectivity index (χ0v) is 11.2. The summed E-state index contributed by atoms with van der Waals surface area (Å²) in [6.07, 6.45) is 0.183. The number of rotatable bonds is 5. The minimum absolute atomic E-state index is 0.0874. The molecule has 1 aromatic carbocycles. The maximum absolute atomic E-state index is 5.91. The summed E-state index contributed by atoms with van der Waals surface area (Å²) in [4.78, 5) is 0. The molecule has 0 unspecified atom stereocenters. The lowest BCUT2D eigenvalue weighted by Gasteiger charge is -2.19. The molecule has 0 aromatic heterocycles. The Morgan fingerprint density at radius 3 is 1.88 bits per heavy atom. The molecule has 0 aliphatic carbocycles. The first-order chi connectivity index (χ1) is 7.93. The molecule has 0 heterocycles. The van der Waals surface area contributed by atoms with E-state index in [1.54, 1.807) is 6.07 Å². The predicted octanol–water partition coefficient (Wildman–Crippen LogP) is 2.88. The van der Waals surface area contributed by atoms with Crippen molar-refractivity contribution in [2.45, 2.75) is 39.9 Å². The van der Waals surface area contributed by atoms with Crippen LogP contribution in [-0.4, -0.2) is 19.3 Å². The van der Waals surface area contributed by atoms with E-state index in [1.165, 1.54) is 0 Å². The zero-order valence-electron chi connectivity index (χ0n) is 11.2. The molecule has 0 saturated carbocycles. The topological polar surface area (TPSA) is 56.5 Å². The van der Waals surface area contributed by atoms with Crippen molar-refractivity contribution in [3.8, 4) is 11.5 Å². The molecule has 0 amide bonds. The van der Waals surface area contributed by atoms with Crippen molar-refractivity contribution in [2.24, 2.45) is 0 Å². The van der Waals surface area contributed by atoms with E-state index in [1.807, 2.05) is 40.8 Å². The van der Waals surface area contributed by atoms with Crippen LogP contribution in [0.5, 0.6) is 11.5 Å². The van der Waals surface area contributed by atoms with Gasteiger partial charge in [0.2, 0.25) is 0 Å². The van der Waals surface area contributed by atoms with Crippen molar-refractivity contribution in [3.63, 3.8) is 0 Å². The van der Waals surface area contributed by atoms with Gasteiger partial charge in [0.15, 0.2) is 11.5 Å². The van der Waals surface area contributed by atoms with Crippen molar-refractivity contribution >= 4 is 11.4 Å². The summed E-state index contributed by atoms with van der Waals surface area (Å²) in [5.74, 6) is 1.40. The molecule has 0 radical (unpaired) electrons. The van der Waals surface area contributed by atoms with E-state index in [0.717, 1.165) is 5.69 Å². The Bertz CT molecular complexity index is 376. The normalized spacial score (nSPS) is 10.8. The Morgan fingerprint density at radius 2 is 1.47 bits per heavy atom. The average molecular weight is 238 g/mol. The highest BCUT2D eigenvalue weighted by atomic mass is 16.5. The SMILES string of the molecule is CNc1cc(OC(C)C)c(OC(C)C)cc1N. The highest BCUT2D eigenvalue weighted by Gasteiger charge is 2.12. The fourth-order valence-electron chi connectivity index (χ4n) is 1.48. The number of benzene rings is 1. The number of hydrogen-bond acceptors (Lipinski definition) is 4. The van der Waals surface area contributed by atoms with Gasteiger partial charge in [-0.15, -0.1) is 0 Å².